The first-order chi connectivity index (χ1) is 9.19. The maximum Gasteiger partial charge on any atom is 0.125 e. The van der Waals surface area contributed by atoms with E-state index < -0.39 is 0 Å². The number of para-hydroxylation sites is 1. The summed E-state index contributed by atoms with van der Waals surface area (Å²) in [4.78, 5) is 5.95. The third-order valence-electron chi connectivity index (χ3n) is 3.11. The lowest BCUT2D eigenvalue weighted by atomic mass is 10.2. The van der Waals surface area contributed by atoms with E-state index in [0.29, 0.717) is 5.88 Å². The van der Waals surface area contributed by atoms with Gasteiger partial charge in [-0.2, -0.15) is 0 Å². The van der Waals surface area contributed by atoms with E-state index in [1.54, 1.807) is 11.3 Å². The first-order valence-electron chi connectivity index (χ1n) is 5.92. The molecule has 5 heteroatoms. The Kier molecular flexibility index (Phi) is 3.65. The van der Waals surface area contributed by atoms with Crippen LogP contribution in [-0.2, 0) is 12.4 Å². The Hall–Kier alpha value is -0.840. The number of halogens is 2. The molecule has 0 amide bonds. The summed E-state index contributed by atoms with van der Waals surface area (Å²) in [6, 6.07) is 8.40. The number of hydrogen-bond donors (Lipinski definition) is 0. The lowest BCUT2D eigenvalue weighted by Crippen LogP contribution is -2.02. The maximum atomic E-state index is 6.04. The highest BCUT2D eigenvalue weighted by molar-refractivity contribution is 9.10. The number of hydrogen-bond acceptors (Lipinski definition) is 2. The SMILES string of the molecule is Cc1cccc2c1nc(CCl)n2Cc1cc(Br)cs1. The molecular weight excluding hydrogens is 344 g/mol. The lowest BCUT2D eigenvalue weighted by molar-refractivity contribution is 0.789. The van der Waals surface area contributed by atoms with Gasteiger partial charge in [0.25, 0.3) is 0 Å². The van der Waals surface area contributed by atoms with Crippen LogP contribution < -0.4 is 0 Å². The number of thiophene rings is 1. The van der Waals surface area contributed by atoms with Crippen molar-refractivity contribution in [3.63, 3.8) is 0 Å². The van der Waals surface area contributed by atoms with Crippen LogP contribution in [0.2, 0.25) is 0 Å². The second kappa shape index (κ2) is 5.27. The van der Waals surface area contributed by atoms with E-state index in [1.807, 2.05) is 0 Å². The zero-order chi connectivity index (χ0) is 13.4. The van der Waals surface area contributed by atoms with Gasteiger partial charge in [0.1, 0.15) is 5.82 Å². The Morgan fingerprint density at radius 3 is 2.95 bits per heavy atom. The summed E-state index contributed by atoms with van der Waals surface area (Å²) < 4.78 is 3.33. The average Bonchev–Trinajstić information content (AvgIpc) is 2.96. The Bertz CT molecular complexity index is 732. The molecule has 0 aliphatic heterocycles. The van der Waals surface area contributed by atoms with Crippen LogP contribution in [0.25, 0.3) is 11.0 Å². The molecule has 0 unspecified atom stereocenters. The van der Waals surface area contributed by atoms with E-state index in [0.717, 1.165) is 27.9 Å². The van der Waals surface area contributed by atoms with Gasteiger partial charge >= 0.3 is 0 Å². The fourth-order valence-corrected chi connectivity index (χ4v) is 3.85. The molecule has 0 aliphatic rings. The standard InChI is InChI=1S/C14H12BrClN2S/c1-9-3-2-4-12-14(9)17-13(6-16)18(12)7-11-5-10(15)8-19-11/h2-5,8H,6-7H2,1H3. The van der Waals surface area contributed by atoms with E-state index >= 15 is 0 Å². The molecule has 3 rings (SSSR count). The summed E-state index contributed by atoms with van der Waals surface area (Å²) in [5.41, 5.74) is 3.39. The predicted molar refractivity (Wildman–Crippen MR) is 85.1 cm³/mol. The zero-order valence-electron chi connectivity index (χ0n) is 10.4. The minimum Gasteiger partial charge on any atom is -0.322 e. The highest BCUT2D eigenvalue weighted by Gasteiger charge is 2.12. The summed E-state index contributed by atoms with van der Waals surface area (Å²) in [6.45, 7) is 2.90. The third-order valence-corrected chi connectivity index (χ3v) is 5.04. The summed E-state index contributed by atoms with van der Waals surface area (Å²) in [5.74, 6) is 1.36. The molecule has 0 radical (unpaired) electrons. The fourth-order valence-electron chi connectivity index (χ4n) is 2.21. The topological polar surface area (TPSA) is 17.8 Å². The highest BCUT2D eigenvalue weighted by Crippen LogP contribution is 2.25. The van der Waals surface area contributed by atoms with Crippen molar-refractivity contribution in [1.82, 2.24) is 9.55 Å². The molecule has 2 aromatic heterocycles. The molecule has 0 spiro atoms. The molecule has 0 N–H and O–H groups in total. The number of aryl methyl sites for hydroxylation is 1. The van der Waals surface area contributed by atoms with E-state index in [1.165, 1.54) is 10.4 Å². The monoisotopic (exact) mass is 354 g/mol. The van der Waals surface area contributed by atoms with Gasteiger partial charge in [0.15, 0.2) is 0 Å². The minimum absolute atomic E-state index is 0.431. The van der Waals surface area contributed by atoms with E-state index in [9.17, 15) is 0 Å². The Morgan fingerprint density at radius 1 is 1.42 bits per heavy atom. The van der Waals surface area contributed by atoms with Crippen LogP contribution in [0, 0.1) is 6.92 Å². The van der Waals surface area contributed by atoms with Gasteiger partial charge < -0.3 is 4.57 Å². The molecule has 0 bridgehead atoms. The van der Waals surface area contributed by atoms with Crippen molar-refractivity contribution < 1.29 is 0 Å². The average molecular weight is 356 g/mol. The number of alkyl halides is 1. The second-order valence-electron chi connectivity index (χ2n) is 4.42. The molecule has 2 heterocycles. The number of nitrogens with zero attached hydrogens (tertiary/aromatic N) is 2. The van der Waals surface area contributed by atoms with Crippen molar-refractivity contribution in [3.05, 3.63) is 50.4 Å². The van der Waals surface area contributed by atoms with Gasteiger partial charge in [-0.15, -0.1) is 22.9 Å². The van der Waals surface area contributed by atoms with Crippen molar-refractivity contribution in [2.24, 2.45) is 0 Å². The van der Waals surface area contributed by atoms with Crippen LogP contribution in [0.4, 0.5) is 0 Å². The van der Waals surface area contributed by atoms with E-state index in [2.05, 4.69) is 62.1 Å². The van der Waals surface area contributed by atoms with Crippen molar-refractivity contribution >= 4 is 49.9 Å². The normalized spacial score (nSPS) is 11.3. The van der Waals surface area contributed by atoms with Crippen molar-refractivity contribution in [3.8, 4) is 0 Å². The van der Waals surface area contributed by atoms with Crippen LogP contribution >= 0.6 is 38.9 Å². The molecule has 98 valence electrons. The third kappa shape index (κ3) is 2.45. The van der Waals surface area contributed by atoms with Gasteiger partial charge in [-0.05, 0) is 40.5 Å². The van der Waals surface area contributed by atoms with Crippen molar-refractivity contribution in [2.75, 3.05) is 0 Å². The summed E-state index contributed by atoms with van der Waals surface area (Å²) >= 11 is 11.3. The number of rotatable bonds is 3. The summed E-state index contributed by atoms with van der Waals surface area (Å²) in [5, 5.41) is 2.10. The molecule has 0 aliphatic carbocycles. The molecule has 1 aromatic carbocycles. The summed E-state index contributed by atoms with van der Waals surface area (Å²) in [7, 11) is 0. The molecule has 2 nitrogen and oxygen atoms in total. The number of fused-ring (bicyclic) bond motifs is 1. The van der Waals surface area contributed by atoms with Crippen LogP contribution in [0.1, 0.15) is 16.3 Å². The maximum absolute atomic E-state index is 6.04. The molecule has 0 atom stereocenters. The second-order valence-corrected chi connectivity index (χ2v) is 6.60. The smallest absolute Gasteiger partial charge is 0.125 e. The first-order valence-corrected chi connectivity index (χ1v) is 8.13. The fraction of sp³-hybridized carbons (Fsp3) is 0.214. The van der Waals surface area contributed by atoms with Crippen LogP contribution in [0.5, 0.6) is 0 Å². The minimum atomic E-state index is 0.431. The molecular formula is C14H12BrClN2S. The Balaban J connectivity index is 2.13. The van der Waals surface area contributed by atoms with Gasteiger partial charge in [-0.3, -0.25) is 0 Å². The van der Waals surface area contributed by atoms with Gasteiger partial charge in [0.2, 0.25) is 0 Å². The Morgan fingerprint density at radius 2 is 2.26 bits per heavy atom. The first kappa shape index (κ1) is 13.2. The van der Waals surface area contributed by atoms with Crippen LogP contribution in [-0.4, -0.2) is 9.55 Å². The number of imidazole rings is 1. The zero-order valence-corrected chi connectivity index (χ0v) is 13.5. The predicted octanol–water partition coefficient (Wildman–Crippen LogP) is 4.96. The number of aromatic nitrogens is 2. The van der Waals surface area contributed by atoms with Gasteiger partial charge in [-0.1, -0.05) is 12.1 Å². The Labute approximate surface area is 129 Å². The summed E-state index contributed by atoms with van der Waals surface area (Å²) in [6.07, 6.45) is 0. The molecule has 3 aromatic rings. The van der Waals surface area contributed by atoms with Crippen molar-refractivity contribution in [2.45, 2.75) is 19.3 Å². The molecule has 0 saturated carbocycles. The quantitative estimate of drug-likeness (QED) is 0.607. The molecule has 0 fully saturated rings. The van der Waals surface area contributed by atoms with Gasteiger partial charge in [0.05, 0.1) is 23.5 Å². The van der Waals surface area contributed by atoms with Crippen LogP contribution in [0.3, 0.4) is 0 Å². The number of benzene rings is 1. The largest absolute Gasteiger partial charge is 0.322 e. The van der Waals surface area contributed by atoms with Crippen LogP contribution in [0.15, 0.2) is 34.1 Å². The van der Waals surface area contributed by atoms with Gasteiger partial charge in [0, 0.05) is 14.7 Å². The van der Waals surface area contributed by atoms with E-state index in [4.69, 9.17) is 11.6 Å². The van der Waals surface area contributed by atoms with Crippen molar-refractivity contribution in [1.29, 1.82) is 0 Å². The lowest BCUT2D eigenvalue weighted by Gasteiger charge is -2.06. The van der Waals surface area contributed by atoms with Gasteiger partial charge in [-0.25, -0.2) is 4.98 Å². The molecule has 0 saturated heterocycles. The highest BCUT2D eigenvalue weighted by atomic mass is 79.9. The molecule has 19 heavy (non-hydrogen) atoms. The van der Waals surface area contributed by atoms with E-state index in [-0.39, 0.29) is 0 Å².